The lowest BCUT2D eigenvalue weighted by Gasteiger charge is -2.14. The summed E-state index contributed by atoms with van der Waals surface area (Å²) in [6.45, 7) is 0.439. The van der Waals surface area contributed by atoms with Gasteiger partial charge < -0.3 is 5.32 Å². The number of hydrogen-bond acceptors (Lipinski definition) is 4. The summed E-state index contributed by atoms with van der Waals surface area (Å²) in [5.41, 5.74) is 3.09. The summed E-state index contributed by atoms with van der Waals surface area (Å²) in [6, 6.07) is 17.3. The number of nitrogens with zero attached hydrogens (tertiary/aromatic N) is 2. The smallest absolute Gasteiger partial charge is 0.266 e. The van der Waals surface area contributed by atoms with Crippen LogP contribution in [0.25, 0.3) is 0 Å². The molecular weight excluding hydrogens is 354 g/mol. The van der Waals surface area contributed by atoms with E-state index in [0.29, 0.717) is 23.4 Å². The summed E-state index contributed by atoms with van der Waals surface area (Å²) in [5.74, 6) is -0.766. The zero-order valence-corrected chi connectivity index (χ0v) is 15.0. The Morgan fingerprint density at radius 3 is 2.04 bits per heavy atom. The van der Waals surface area contributed by atoms with Crippen molar-refractivity contribution in [1.82, 2.24) is 10.3 Å². The molecule has 1 aliphatic heterocycles. The number of hydrogen-bond donors (Lipinski definition) is 1. The fourth-order valence-electron chi connectivity index (χ4n) is 3.14. The average Bonchev–Trinajstić information content (AvgIpc) is 2.99. The molecule has 0 radical (unpaired) electrons. The number of imide groups is 1. The molecule has 0 spiro atoms. The van der Waals surface area contributed by atoms with Crippen LogP contribution < -0.4 is 10.2 Å². The van der Waals surface area contributed by atoms with Crippen LogP contribution in [0.5, 0.6) is 0 Å². The molecule has 0 bridgehead atoms. The Morgan fingerprint density at radius 2 is 1.43 bits per heavy atom. The minimum absolute atomic E-state index is 0.106. The second kappa shape index (κ2) is 7.44. The third kappa shape index (κ3) is 3.40. The van der Waals surface area contributed by atoms with E-state index in [4.69, 9.17) is 0 Å². The molecule has 0 unspecified atom stereocenters. The summed E-state index contributed by atoms with van der Waals surface area (Å²) in [6.07, 6.45) is 3.58. The third-order valence-corrected chi connectivity index (χ3v) is 4.59. The Bertz CT molecular complexity index is 1010. The van der Waals surface area contributed by atoms with E-state index >= 15 is 0 Å². The van der Waals surface area contributed by atoms with Gasteiger partial charge in [0.15, 0.2) is 0 Å². The van der Waals surface area contributed by atoms with E-state index in [2.05, 4.69) is 10.3 Å². The highest BCUT2D eigenvalue weighted by Crippen LogP contribution is 2.28. The highest BCUT2D eigenvalue weighted by molar-refractivity contribution is 6.34. The molecular formula is C22H17N3O3. The molecule has 4 rings (SSSR count). The van der Waals surface area contributed by atoms with E-state index in [1.807, 2.05) is 12.1 Å². The Balaban J connectivity index is 1.41. The Labute approximate surface area is 161 Å². The topological polar surface area (TPSA) is 79.4 Å². The van der Waals surface area contributed by atoms with Gasteiger partial charge in [-0.3, -0.25) is 19.4 Å². The highest BCUT2D eigenvalue weighted by atomic mass is 16.2. The lowest BCUT2D eigenvalue weighted by Crippen LogP contribution is -2.29. The van der Waals surface area contributed by atoms with Gasteiger partial charge in [-0.05, 0) is 47.5 Å². The first-order valence-electron chi connectivity index (χ1n) is 8.86. The molecule has 2 heterocycles. The van der Waals surface area contributed by atoms with Crippen molar-refractivity contribution in [2.75, 3.05) is 4.90 Å². The van der Waals surface area contributed by atoms with Crippen LogP contribution in [-0.2, 0) is 17.8 Å². The second-order valence-electron chi connectivity index (χ2n) is 6.47. The maximum atomic E-state index is 12.5. The minimum atomic E-state index is -0.330. The number of anilines is 1. The van der Waals surface area contributed by atoms with Crippen LogP contribution in [0.3, 0.4) is 0 Å². The van der Waals surface area contributed by atoms with E-state index < -0.39 is 0 Å². The number of carbonyl (C=O) groups is 3. The molecule has 6 heteroatoms. The van der Waals surface area contributed by atoms with Crippen LogP contribution in [0.2, 0.25) is 0 Å². The molecule has 6 nitrogen and oxygen atoms in total. The van der Waals surface area contributed by atoms with Gasteiger partial charge in [-0.2, -0.15) is 0 Å². The van der Waals surface area contributed by atoms with Gasteiger partial charge in [0, 0.05) is 18.9 Å². The summed E-state index contributed by atoms with van der Waals surface area (Å²) < 4.78 is 0. The van der Waals surface area contributed by atoms with E-state index in [-0.39, 0.29) is 24.1 Å². The van der Waals surface area contributed by atoms with Crippen LogP contribution in [0, 0.1) is 0 Å². The number of fused-ring (bicyclic) bond motifs is 1. The van der Waals surface area contributed by atoms with Crippen molar-refractivity contribution in [2.24, 2.45) is 0 Å². The monoisotopic (exact) mass is 371 g/mol. The largest absolute Gasteiger partial charge is 0.352 e. The number of amides is 3. The fraction of sp³-hybridized carbons (Fsp3) is 0.0909. The van der Waals surface area contributed by atoms with Crippen LogP contribution in [0.1, 0.15) is 31.8 Å². The molecule has 0 aliphatic carbocycles. The lowest BCUT2D eigenvalue weighted by molar-refractivity contribution is -0.120. The van der Waals surface area contributed by atoms with Crippen molar-refractivity contribution < 1.29 is 14.4 Å². The Hall–Kier alpha value is -3.80. The second-order valence-corrected chi connectivity index (χ2v) is 6.47. The SMILES string of the molecule is O=C(Cc1ccc(N2C(=O)c3ccccc3C2=O)cc1)NCc1ccncc1. The van der Waals surface area contributed by atoms with Crippen molar-refractivity contribution in [1.29, 1.82) is 0 Å². The maximum Gasteiger partial charge on any atom is 0.266 e. The van der Waals surface area contributed by atoms with Crippen LogP contribution in [0.15, 0.2) is 73.1 Å². The number of benzene rings is 2. The van der Waals surface area contributed by atoms with E-state index in [1.54, 1.807) is 60.9 Å². The highest BCUT2D eigenvalue weighted by Gasteiger charge is 2.36. The van der Waals surface area contributed by atoms with Crippen molar-refractivity contribution in [3.63, 3.8) is 0 Å². The predicted octanol–water partition coefficient (Wildman–Crippen LogP) is 2.74. The molecule has 0 fully saturated rings. The Morgan fingerprint density at radius 1 is 0.821 bits per heavy atom. The molecule has 1 N–H and O–H groups in total. The normalized spacial score (nSPS) is 12.8. The van der Waals surface area contributed by atoms with Crippen molar-refractivity contribution >= 4 is 23.4 Å². The lowest BCUT2D eigenvalue weighted by atomic mass is 10.1. The van der Waals surface area contributed by atoms with Gasteiger partial charge in [-0.25, -0.2) is 4.90 Å². The maximum absolute atomic E-state index is 12.5. The minimum Gasteiger partial charge on any atom is -0.352 e. The summed E-state index contributed by atoms with van der Waals surface area (Å²) >= 11 is 0. The van der Waals surface area contributed by atoms with Gasteiger partial charge in [-0.15, -0.1) is 0 Å². The van der Waals surface area contributed by atoms with E-state index in [9.17, 15) is 14.4 Å². The molecule has 0 saturated carbocycles. The number of rotatable bonds is 5. The summed E-state index contributed by atoms with van der Waals surface area (Å²) in [5, 5.41) is 2.86. The van der Waals surface area contributed by atoms with Gasteiger partial charge in [0.1, 0.15) is 0 Å². The van der Waals surface area contributed by atoms with Gasteiger partial charge in [-0.1, -0.05) is 24.3 Å². The number of carbonyl (C=O) groups excluding carboxylic acids is 3. The molecule has 138 valence electrons. The quantitative estimate of drug-likeness (QED) is 0.700. The predicted molar refractivity (Wildman–Crippen MR) is 104 cm³/mol. The third-order valence-electron chi connectivity index (χ3n) is 4.59. The molecule has 1 aromatic heterocycles. The van der Waals surface area contributed by atoms with Gasteiger partial charge >= 0.3 is 0 Å². The zero-order chi connectivity index (χ0) is 19.5. The van der Waals surface area contributed by atoms with Crippen molar-refractivity contribution in [3.05, 3.63) is 95.3 Å². The first-order chi connectivity index (χ1) is 13.6. The summed E-state index contributed by atoms with van der Waals surface area (Å²) in [4.78, 5) is 42.3. The standard InChI is InChI=1S/C22H17N3O3/c26-20(24-14-16-9-11-23-12-10-16)13-15-5-7-17(8-6-15)25-21(27)18-3-1-2-4-19(18)22(25)28/h1-12H,13-14H2,(H,24,26). The van der Waals surface area contributed by atoms with Gasteiger partial charge in [0.25, 0.3) is 11.8 Å². The molecule has 0 saturated heterocycles. The summed E-state index contributed by atoms with van der Waals surface area (Å²) in [7, 11) is 0. The van der Waals surface area contributed by atoms with Crippen molar-refractivity contribution in [2.45, 2.75) is 13.0 Å². The van der Waals surface area contributed by atoms with Crippen LogP contribution in [0.4, 0.5) is 5.69 Å². The molecule has 3 aromatic rings. The number of aromatic nitrogens is 1. The Kier molecular flexibility index (Phi) is 4.68. The zero-order valence-electron chi connectivity index (χ0n) is 15.0. The van der Waals surface area contributed by atoms with Crippen LogP contribution in [-0.4, -0.2) is 22.7 Å². The van der Waals surface area contributed by atoms with E-state index in [1.165, 1.54) is 0 Å². The number of pyridine rings is 1. The fourth-order valence-corrected chi connectivity index (χ4v) is 3.14. The molecule has 2 aromatic carbocycles. The molecule has 0 atom stereocenters. The van der Waals surface area contributed by atoms with Gasteiger partial charge in [0.05, 0.1) is 23.2 Å². The average molecular weight is 371 g/mol. The molecule has 1 aliphatic rings. The van der Waals surface area contributed by atoms with E-state index in [0.717, 1.165) is 16.0 Å². The first kappa shape index (κ1) is 17.6. The van der Waals surface area contributed by atoms with Gasteiger partial charge in [0.2, 0.25) is 5.91 Å². The molecule has 3 amide bonds. The molecule has 28 heavy (non-hydrogen) atoms. The first-order valence-corrected chi connectivity index (χ1v) is 8.86. The number of nitrogens with one attached hydrogen (secondary N) is 1. The van der Waals surface area contributed by atoms with Crippen LogP contribution >= 0.6 is 0 Å². The van der Waals surface area contributed by atoms with Crippen molar-refractivity contribution in [3.8, 4) is 0 Å².